The van der Waals surface area contributed by atoms with Gasteiger partial charge in [-0.3, -0.25) is 4.68 Å². The Morgan fingerprint density at radius 1 is 1.00 bits per heavy atom. The molecule has 1 rings (SSSR count). The summed E-state index contributed by atoms with van der Waals surface area (Å²) in [7, 11) is 0. The van der Waals surface area contributed by atoms with E-state index in [2.05, 4.69) is 18.9 Å². The zero-order chi connectivity index (χ0) is 14.6. The van der Waals surface area contributed by atoms with Crippen LogP contribution in [0, 0.1) is 0 Å². The van der Waals surface area contributed by atoms with Gasteiger partial charge < -0.3 is 5.11 Å². The minimum Gasteiger partial charge on any atom is -0.388 e. The maximum Gasteiger partial charge on any atom is 0.0820 e. The average Bonchev–Trinajstić information content (AvgIpc) is 2.94. The van der Waals surface area contributed by atoms with E-state index in [9.17, 15) is 5.11 Å². The number of aliphatic hydroxyl groups excluding tert-OH is 1. The Labute approximate surface area is 124 Å². The molecule has 20 heavy (non-hydrogen) atoms. The topological polar surface area (TPSA) is 38.1 Å². The summed E-state index contributed by atoms with van der Waals surface area (Å²) in [5, 5.41) is 14.3. The van der Waals surface area contributed by atoms with Gasteiger partial charge in [0.2, 0.25) is 0 Å². The molecule has 1 aromatic rings. The molecule has 1 heterocycles. The van der Waals surface area contributed by atoms with Gasteiger partial charge in [-0.25, -0.2) is 0 Å². The van der Waals surface area contributed by atoms with E-state index in [0.29, 0.717) is 0 Å². The van der Waals surface area contributed by atoms with Crippen molar-refractivity contribution in [1.82, 2.24) is 9.78 Å². The summed E-state index contributed by atoms with van der Waals surface area (Å²) in [4.78, 5) is 0. The summed E-state index contributed by atoms with van der Waals surface area (Å²) in [5.41, 5.74) is 0.964. The molecule has 0 spiro atoms. The molecule has 1 N–H and O–H groups in total. The Kier molecular flexibility index (Phi) is 9.38. The summed E-state index contributed by atoms with van der Waals surface area (Å²) >= 11 is 0. The normalized spacial score (nSPS) is 12.8. The maximum absolute atomic E-state index is 10.1. The number of unbranched alkanes of at least 4 members (excludes halogenated alkanes) is 8. The Hall–Kier alpha value is -0.830. The standard InChI is InChI=1S/C17H32N2O/c1-3-5-6-7-8-9-10-11-12-13-17(20)16-14-18-19(4-2)15-16/h14-15,17,20H,3-13H2,1-2H3. The van der Waals surface area contributed by atoms with Crippen molar-refractivity contribution in [2.24, 2.45) is 0 Å². The maximum atomic E-state index is 10.1. The highest BCUT2D eigenvalue weighted by atomic mass is 16.3. The molecular weight excluding hydrogens is 248 g/mol. The lowest BCUT2D eigenvalue weighted by atomic mass is 10.0. The van der Waals surface area contributed by atoms with Crippen molar-refractivity contribution in [2.75, 3.05) is 0 Å². The van der Waals surface area contributed by atoms with E-state index in [4.69, 9.17) is 0 Å². The Balaban J connectivity index is 1.98. The lowest BCUT2D eigenvalue weighted by molar-refractivity contribution is 0.163. The van der Waals surface area contributed by atoms with Crippen LogP contribution in [-0.2, 0) is 6.54 Å². The molecule has 0 aliphatic carbocycles. The van der Waals surface area contributed by atoms with Crippen molar-refractivity contribution >= 4 is 0 Å². The van der Waals surface area contributed by atoms with Crippen LogP contribution in [-0.4, -0.2) is 14.9 Å². The van der Waals surface area contributed by atoms with Gasteiger partial charge in [0, 0.05) is 18.3 Å². The number of rotatable bonds is 12. The van der Waals surface area contributed by atoms with Crippen LogP contribution in [0.25, 0.3) is 0 Å². The number of aryl methyl sites for hydroxylation is 1. The summed E-state index contributed by atoms with van der Waals surface area (Å²) < 4.78 is 1.87. The molecule has 1 aromatic heterocycles. The third kappa shape index (κ3) is 7.09. The van der Waals surface area contributed by atoms with Gasteiger partial charge in [-0.1, -0.05) is 64.7 Å². The highest BCUT2D eigenvalue weighted by molar-refractivity contribution is 5.07. The molecular formula is C17H32N2O. The van der Waals surface area contributed by atoms with Crippen molar-refractivity contribution in [3.63, 3.8) is 0 Å². The van der Waals surface area contributed by atoms with Gasteiger partial charge in [0.15, 0.2) is 0 Å². The highest BCUT2D eigenvalue weighted by Crippen LogP contribution is 2.19. The first-order valence-corrected chi connectivity index (χ1v) is 8.48. The minimum absolute atomic E-state index is 0.333. The van der Waals surface area contributed by atoms with Crippen LogP contribution in [0.15, 0.2) is 12.4 Å². The van der Waals surface area contributed by atoms with E-state index in [1.54, 1.807) is 6.20 Å². The Bertz CT molecular complexity index is 335. The van der Waals surface area contributed by atoms with Gasteiger partial charge >= 0.3 is 0 Å². The van der Waals surface area contributed by atoms with Crippen LogP contribution in [0.5, 0.6) is 0 Å². The number of hydrogen-bond donors (Lipinski definition) is 1. The predicted molar refractivity (Wildman–Crippen MR) is 84.7 cm³/mol. The van der Waals surface area contributed by atoms with Crippen molar-refractivity contribution < 1.29 is 5.11 Å². The molecule has 1 atom stereocenters. The zero-order valence-electron chi connectivity index (χ0n) is 13.4. The van der Waals surface area contributed by atoms with E-state index in [-0.39, 0.29) is 6.10 Å². The fraction of sp³-hybridized carbons (Fsp3) is 0.824. The van der Waals surface area contributed by atoms with E-state index < -0.39 is 0 Å². The molecule has 3 nitrogen and oxygen atoms in total. The second-order valence-electron chi connectivity index (χ2n) is 5.76. The summed E-state index contributed by atoms with van der Waals surface area (Å²) in [6, 6.07) is 0. The Morgan fingerprint density at radius 2 is 1.60 bits per heavy atom. The fourth-order valence-corrected chi connectivity index (χ4v) is 2.54. The molecule has 3 heteroatoms. The van der Waals surface area contributed by atoms with Crippen molar-refractivity contribution in [1.29, 1.82) is 0 Å². The monoisotopic (exact) mass is 280 g/mol. The molecule has 0 aliphatic rings. The van der Waals surface area contributed by atoms with E-state index >= 15 is 0 Å². The molecule has 0 amide bonds. The molecule has 0 fully saturated rings. The predicted octanol–water partition coefficient (Wildman–Crippen LogP) is 4.86. The zero-order valence-corrected chi connectivity index (χ0v) is 13.4. The van der Waals surface area contributed by atoms with Crippen LogP contribution in [0.3, 0.4) is 0 Å². The number of aliphatic hydroxyl groups is 1. The first-order chi connectivity index (χ1) is 9.77. The van der Waals surface area contributed by atoms with Crippen LogP contribution in [0.1, 0.15) is 89.7 Å². The molecule has 0 aromatic carbocycles. The lowest BCUT2D eigenvalue weighted by Gasteiger charge is -2.08. The minimum atomic E-state index is -0.333. The highest BCUT2D eigenvalue weighted by Gasteiger charge is 2.09. The van der Waals surface area contributed by atoms with Gasteiger partial charge in [-0.15, -0.1) is 0 Å². The smallest absolute Gasteiger partial charge is 0.0820 e. The van der Waals surface area contributed by atoms with Gasteiger partial charge in [0.05, 0.1) is 12.3 Å². The van der Waals surface area contributed by atoms with Crippen molar-refractivity contribution in [3.05, 3.63) is 18.0 Å². The first-order valence-electron chi connectivity index (χ1n) is 8.48. The molecule has 0 radical (unpaired) electrons. The van der Waals surface area contributed by atoms with Gasteiger partial charge in [-0.2, -0.15) is 5.10 Å². The molecule has 1 unspecified atom stereocenters. The second-order valence-corrected chi connectivity index (χ2v) is 5.76. The second kappa shape index (κ2) is 10.9. The van der Waals surface area contributed by atoms with E-state index in [1.165, 1.54) is 51.4 Å². The molecule has 0 saturated carbocycles. The lowest BCUT2D eigenvalue weighted by Crippen LogP contribution is -1.97. The third-order valence-corrected chi connectivity index (χ3v) is 3.94. The first kappa shape index (κ1) is 17.2. The molecule has 0 aliphatic heterocycles. The van der Waals surface area contributed by atoms with Gasteiger partial charge in [0.1, 0.15) is 0 Å². The molecule has 116 valence electrons. The average molecular weight is 280 g/mol. The van der Waals surface area contributed by atoms with E-state index in [1.807, 2.05) is 10.9 Å². The summed E-state index contributed by atoms with van der Waals surface area (Å²) in [5.74, 6) is 0. The number of aromatic nitrogens is 2. The van der Waals surface area contributed by atoms with Crippen LogP contribution < -0.4 is 0 Å². The third-order valence-electron chi connectivity index (χ3n) is 3.94. The Morgan fingerprint density at radius 3 is 2.15 bits per heavy atom. The quantitative estimate of drug-likeness (QED) is 0.555. The van der Waals surface area contributed by atoms with E-state index in [0.717, 1.165) is 24.9 Å². The van der Waals surface area contributed by atoms with Crippen molar-refractivity contribution in [3.8, 4) is 0 Å². The van der Waals surface area contributed by atoms with Gasteiger partial charge in [-0.05, 0) is 13.3 Å². The number of nitrogens with zero attached hydrogens (tertiary/aromatic N) is 2. The largest absolute Gasteiger partial charge is 0.388 e. The van der Waals surface area contributed by atoms with Crippen LogP contribution in [0.4, 0.5) is 0 Å². The van der Waals surface area contributed by atoms with Crippen molar-refractivity contribution in [2.45, 2.75) is 90.7 Å². The van der Waals surface area contributed by atoms with Crippen LogP contribution in [0.2, 0.25) is 0 Å². The van der Waals surface area contributed by atoms with Gasteiger partial charge in [0.25, 0.3) is 0 Å². The molecule has 0 bridgehead atoms. The fourth-order valence-electron chi connectivity index (χ4n) is 2.54. The summed E-state index contributed by atoms with van der Waals surface area (Å²) in [6.07, 6.45) is 16.2. The van der Waals surface area contributed by atoms with Crippen LogP contribution >= 0.6 is 0 Å². The summed E-state index contributed by atoms with van der Waals surface area (Å²) in [6.45, 7) is 5.18. The SMILES string of the molecule is CCCCCCCCCCCC(O)c1cnn(CC)c1. The number of hydrogen-bond acceptors (Lipinski definition) is 2. The molecule has 0 saturated heterocycles.